The summed E-state index contributed by atoms with van der Waals surface area (Å²) in [6.45, 7) is 0.960. The third-order valence-electron chi connectivity index (χ3n) is 4.58. The molecule has 3 heterocycles. The molecule has 0 aliphatic carbocycles. The van der Waals surface area contributed by atoms with Gasteiger partial charge in [-0.2, -0.15) is 5.10 Å². The van der Waals surface area contributed by atoms with E-state index in [2.05, 4.69) is 10.1 Å². The van der Waals surface area contributed by atoms with Crippen LogP contribution >= 0.6 is 11.6 Å². The molecule has 2 aromatic heterocycles. The Morgan fingerprint density at radius 1 is 1.31 bits per heavy atom. The molecule has 0 saturated carbocycles. The van der Waals surface area contributed by atoms with Crippen molar-refractivity contribution >= 4 is 17.5 Å². The van der Waals surface area contributed by atoms with E-state index >= 15 is 0 Å². The number of nitrogens with zero attached hydrogens (tertiary/aromatic N) is 4. The second-order valence-corrected chi connectivity index (χ2v) is 6.85. The van der Waals surface area contributed by atoms with E-state index in [-0.39, 0.29) is 18.5 Å². The molecule has 0 bridgehead atoms. The smallest absolute Gasteiger partial charge is 0.244 e. The van der Waals surface area contributed by atoms with Gasteiger partial charge in [-0.1, -0.05) is 23.7 Å². The minimum Gasteiger partial charge on any atom is -0.443 e. The number of halogens is 1. The van der Waals surface area contributed by atoms with Gasteiger partial charge in [0.15, 0.2) is 0 Å². The van der Waals surface area contributed by atoms with Gasteiger partial charge in [0.2, 0.25) is 11.8 Å². The van der Waals surface area contributed by atoms with Gasteiger partial charge in [0.25, 0.3) is 0 Å². The van der Waals surface area contributed by atoms with Gasteiger partial charge in [-0.25, -0.2) is 4.98 Å². The zero-order valence-corrected chi connectivity index (χ0v) is 15.0. The Balaban J connectivity index is 1.45. The Morgan fingerprint density at radius 3 is 2.92 bits per heavy atom. The van der Waals surface area contributed by atoms with Crippen LogP contribution < -0.4 is 0 Å². The molecular weight excluding hydrogens is 352 g/mol. The first-order chi connectivity index (χ1) is 12.7. The van der Waals surface area contributed by atoms with E-state index in [0.717, 1.165) is 30.7 Å². The van der Waals surface area contributed by atoms with Crippen LogP contribution in [0.15, 0.2) is 53.3 Å². The van der Waals surface area contributed by atoms with Crippen LogP contribution in [-0.4, -0.2) is 32.1 Å². The lowest BCUT2D eigenvalue weighted by molar-refractivity contribution is -0.133. The topological polar surface area (TPSA) is 64.2 Å². The summed E-state index contributed by atoms with van der Waals surface area (Å²) in [7, 11) is 0. The first-order valence-electron chi connectivity index (χ1n) is 8.65. The largest absolute Gasteiger partial charge is 0.443 e. The molecule has 1 aliphatic rings. The van der Waals surface area contributed by atoms with E-state index in [0.29, 0.717) is 17.3 Å². The standard InChI is InChI=1S/C19H19ClN4O2/c20-15-6-4-14(5-7-15)11-16-12-21-19(26-16)17-3-1-10-24(17)18(25)13-23-9-2-8-22-23/h2,4-9,12,17H,1,3,10-11,13H2/t17-/m0/s1. The molecule has 1 saturated heterocycles. The van der Waals surface area contributed by atoms with Crippen LogP contribution in [0.2, 0.25) is 5.02 Å². The van der Waals surface area contributed by atoms with Crippen molar-refractivity contribution in [3.8, 4) is 0 Å². The molecule has 1 atom stereocenters. The van der Waals surface area contributed by atoms with E-state index in [4.69, 9.17) is 16.0 Å². The fraction of sp³-hybridized carbons (Fsp3) is 0.316. The summed E-state index contributed by atoms with van der Waals surface area (Å²) in [5, 5.41) is 4.82. The zero-order chi connectivity index (χ0) is 17.9. The lowest BCUT2D eigenvalue weighted by Crippen LogP contribution is -2.33. The van der Waals surface area contributed by atoms with E-state index in [9.17, 15) is 4.79 Å². The quantitative estimate of drug-likeness (QED) is 0.689. The zero-order valence-electron chi connectivity index (χ0n) is 14.2. The molecule has 0 radical (unpaired) electrons. The molecule has 6 nitrogen and oxygen atoms in total. The fourth-order valence-electron chi connectivity index (χ4n) is 3.31. The maximum absolute atomic E-state index is 12.6. The molecule has 4 rings (SSSR count). The molecule has 7 heteroatoms. The van der Waals surface area contributed by atoms with Crippen LogP contribution in [0.1, 0.15) is 36.1 Å². The summed E-state index contributed by atoms with van der Waals surface area (Å²) < 4.78 is 7.60. The number of carbonyl (C=O) groups excluding carboxylic acids is 1. The van der Waals surface area contributed by atoms with Crippen LogP contribution in [0.5, 0.6) is 0 Å². The highest BCUT2D eigenvalue weighted by molar-refractivity contribution is 6.30. The Hall–Kier alpha value is -2.60. The number of benzene rings is 1. The van der Waals surface area contributed by atoms with Crippen molar-refractivity contribution in [2.75, 3.05) is 6.54 Å². The van der Waals surface area contributed by atoms with E-state index < -0.39 is 0 Å². The van der Waals surface area contributed by atoms with Crippen LogP contribution in [-0.2, 0) is 17.8 Å². The number of hydrogen-bond acceptors (Lipinski definition) is 4. The third-order valence-corrected chi connectivity index (χ3v) is 4.83. The van der Waals surface area contributed by atoms with Crippen LogP contribution in [0.4, 0.5) is 0 Å². The molecule has 1 amide bonds. The third kappa shape index (κ3) is 3.65. The number of carbonyl (C=O) groups is 1. The van der Waals surface area contributed by atoms with Gasteiger partial charge in [0.1, 0.15) is 18.3 Å². The van der Waals surface area contributed by atoms with Crippen molar-refractivity contribution in [2.45, 2.75) is 31.8 Å². The number of aromatic nitrogens is 3. The number of likely N-dealkylation sites (tertiary alicyclic amines) is 1. The Labute approximate surface area is 156 Å². The predicted molar refractivity (Wildman–Crippen MR) is 96.7 cm³/mol. The van der Waals surface area contributed by atoms with E-state index in [1.807, 2.05) is 35.2 Å². The summed E-state index contributed by atoms with van der Waals surface area (Å²) in [6, 6.07) is 9.38. The fourth-order valence-corrected chi connectivity index (χ4v) is 3.43. The maximum atomic E-state index is 12.6. The molecule has 0 spiro atoms. The van der Waals surface area contributed by atoms with Gasteiger partial charge in [-0.15, -0.1) is 0 Å². The molecule has 0 N–H and O–H groups in total. The van der Waals surface area contributed by atoms with Crippen LogP contribution in [0.25, 0.3) is 0 Å². The van der Waals surface area contributed by atoms with Crippen LogP contribution in [0, 0.1) is 0 Å². The molecule has 1 fully saturated rings. The number of rotatable bonds is 5. The van der Waals surface area contributed by atoms with Gasteiger partial charge in [0, 0.05) is 30.4 Å². The average Bonchev–Trinajstić information content (AvgIpc) is 3.37. The summed E-state index contributed by atoms with van der Waals surface area (Å²) >= 11 is 5.92. The Bertz CT molecular complexity index is 873. The van der Waals surface area contributed by atoms with Crippen molar-refractivity contribution < 1.29 is 9.21 Å². The summed E-state index contributed by atoms with van der Waals surface area (Å²) in [5.41, 5.74) is 1.11. The van der Waals surface area contributed by atoms with Crippen molar-refractivity contribution in [3.05, 3.63) is 71.2 Å². The lowest BCUT2D eigenvalue weighted by atomic mass is 10.1. The molecule has 0 unspecified atom stereocenters. The predicted octanol–water partition coefficient (Wildman–Crippen LogP) is 3.48. The van der Waals surface area contributed by atoms with E-state index in [1.165, 1.54) is 0 Å². The lowest BCUT2D eigenvalue weighted by Gasteiger charge is -2.22. The highest BCUT2D eigenvalue weighted by Crippen LogP contribution is 2.32. The SMILES string of the molecule is O=C(Cn1cccn1)N1CCC[C@H]1c1ncc(Cc2ccc(Cl)cc2)o1. The molecule has 134 valence electrons. The van der Waals surface area contributed by atoms with Crippen molar-refractivity contribution in [2.24, 2.45) is 0 Å². The molecule has 1 aromatic carbocycles. The van der Waals surface area contributed by atoms with Crippen molar-refractivity contribution in [1.29, 1.82) is 0 Å². The Kier molecular flexibility index (Phi) is 4.75. The highest BCUT2D eigenvalue weighted by Gasteiger charge is 2.33. The summed E-state index contributed by atoms with van der Waals surface area (Å²) in [5.74, 6) is 1.43. The number of oxazole rings is 1. The monoisotopic (exact) mass is 370 g/mol. The van der Waals surface area contributed by atoms with Gasteiger partial charge >= 0.3 is 0 Å². The van der Waals surface area contributed by atoms with Gasteiger partial charge < -0.3 is 9.32 Å². The number of hydrogen-bond donors (Lipinski definition) is 0. The molecule has 3 aromatic rings. The van der Waals surface area contributed by atoms with Crippen molar-refractivity contribution in [1.82, 2.24) is 19.7 Å². The van der Waals surface area contributed by atoms with Gasteiger partial charge in [0.05, 0.1) is 6.20 Å². The summed E-state index contributed by atoms with van der Waals surface area (Å²) in [6.07, 6.45) is 7.68. The Morgan fingerprint density at radius 2 is 2.15 bits per heavy atom. The molecular formula is C19H19ClN4O2. The molecule has 26 heavy (non-hydrogen) atoms. The first-order valence-corrected chi connectivity index (χ1v) is 9.03. The first kappa shape index (κ1) is 16.8. The second kappa shape index (κ2) is 7.33. The highest BCUT2D eigenvalue weighted by atomic mass is 35.5. The minimum atomic E-state index is -0.1000. The maximum Gasteiger partial charge on any atom is 0.244 e. The normalized spacial score (nSPS) is 17.0. The van der Waals surface area contributed by atoms with Gasteiger partial charge in [-0.05, 0) is 36.6 Å². The second-order valence-electron chi connectivity index (χ2n) is 6.42. The van der Waals surface area contributed by atoms with Crippen LogP contribution in [0.3, 0.4) is 0 Å². The average molecular weight is 371 g/mol. The van der Waals surface area contributed by atoms with Gasteiger partial charge in [-0.3, -0.25) is 9.48 Å². The molecule has 1 aliphatic heterocycles. The van der Waals surface area contributed by atoms with E-state index in [1.54, 1.807) is 23.3 Å². The van der Waals surface area contributed by atoms with Crippen molar-refractivity contribution in [3.63, 3.8) is 0 Å². The number of amides is 1. The summed E-state index contributed by atoms with van der Waals surface area (Å²) in [4.78, 5) is 18.9. The minimum absolute atomic E-state index is 0.0358.